The Morgan fingerprint density at radius 2 is 2.05 bits per heavy atom. The number of amides is 1. The van der Waals surface area contributed by atoms with Crippen LogP contribution in [0.4, 0.5) is 0 Å². The van der Waals surface area contributed by atoms with E-state index in [2.05, 4.69) is 29.0 Å². The van der Waals surface area contributed by atoms with Crippen molar-refractivity contribution >= 4 is 16.8 Å². The molecule has 0 radical (unpaired) electrons. The van der Waals surface area contributed by atoms with Gasteiger partial charge in [0.05, 0.1) is 0 Å². The van der Waals surface area contributed by atoms with Crippen LogP contribution in [0.1, 0.15) is 24.2 Å². The van der Waals surface area contributed by atoms with Crippen LogP contribution < -0.4 is 5.32 Å². The molecule has 0 spiro atoms. The zero-order valence-electron chi connectivity index (χ0n) is 12.5. The number of hydrogen-bond acceptors (Lipinski definition) is 4. The Hall–Kier alpha value is -2.14. The van der Waals surface area contributed by atoms with E-state index >= 15 is 0 Å². The summed E-state index contributed by atoms with van der Waals surface area (Å²) in [5.41, 5.74) is 0.990. The van der Waals surface area contributed by atoms with Crippen molar-refractivity contribution in [1.29, 1.82) is 0 Å². The van der Waals surface area contributed by atoms with Crippen molar-refractivity contribution in [1.82, 2.24) is 15.2 Å². The standard InChI is InChI=1S/C16H21N3O2/c1-3-19(4-2)11-10-18-16(21)13-7-8-14(20)15-12(13)6-5-9-17-15/h5-9,20H,3-4,10-11H2,1-2H3,(H,18,21). The van der Waals surface area contributed by atoms with Crippen LogP contribution in [0.15, 0.2) is 30.5 Å². The molecule has 2 aromatic rings. The lowest BCUT2D eigenvalue weighted by atomic mass is 10.1. The van der Waals surface area contributed by atoms with Crippen LogP contribution in [0.25, 0.3) is 10.9 Å². The largest absolute Gasteiger partial charge is 0.506 e. The summed E-state index contributed by atoms with van der Waals surface area (Å²) in [6.45, 7) is 7.57. The maximum atomic E-state index is 12.3. The predicted molar refractivity (Wildman–Crippen MR) is 83.5 cm³/mol. The van der Waals surface area contributed by atoms with Gasteiger partial charge in [-0.05, 0) is 31.3 Å². The van der Waals surface area contributed by atoms with Gasteiger partial charge in [0.15, 0.2) is 0 Å². The van der Waals surface area contributed by atoms with Gasteiger partial charge in [-0.15, -0.1) is 0 Å². The van der Waals surface area contributed by atoms with Gasteiger partial charge in [-0.2, -0.15) is 0 Å². The van der Waals surface area contributed by atoms with Crippen molar-refractivity contribution in [2.75, 3.05) is 26.2 Å². The average molecular weight is 287 g/mol. The van der Waals surface area contributed by atoms with Gasteiger partial charge in [0, 0.05) is 30.2 Å². The Bertz CT molecular complexity index is 624. The molecular formula is C16H21N3O2. The summed E-state index contributed by atoms with van der Waals surface area (Å²) in [4.78, 5) is 18.7. The van der Waals surface area contributed by atoms with Crippen LogP contribution in [0.5, 0.6) is 5.75 Å². The number of phenolic OH excluding ortho intramolecular Hbond substituents is 1. The Morgan fingerprint density at radius 1 is 1.29 bits per heavy atom. The molecule has 0 aliphatic heterocycles. The van der Waals surface area contributed by atoms with Gasteiger partial charge in [-0.1, -0.05) is 19.9 Å². The first-order chi connectivity index (χ1) is 10.2. The second kappa shape index (κ2) is 7.04. The number of aromatic nitrogens is 1. The molecule has 5 heteroatoms. The van der Waals surface area contributed by atoms with Crippen molar-refractivity contribution in [2.24, 2.45) is 0 Å². The van der Waals surface area contributed by atoms with Crippen molar-refractivity contribution in [3.05, 3.63) is 36.0 Å². The van der Waals surface area contributed by atoms with Gasteiger partial charge in [-0.3, -0.25) is 9.78 Å². The summed E-state index contributed by atoms with van der Waals surface area (Å²) < 4.78 is 0. The van der Waals surface area contributed by atoms with Crippen LogP contribution in [0, 0.1) is 0 Å². The quantitative estimate of drug-likeness (QED) is 0.853. The fourth-order valence-corrected chi connectivity index (χ4v) is 2.32. The van der Waals surface area contributed by atoms with E-state index in [1.165, 1.54) is 6.07 Å². The first-order valence-corrected chi connectivity index (χ1v) is 7.24. The van der Waals surface area contributed by atoms with Crippen molar-refractivity contribution in [3.8, 4) is 5.75 Å². The second-order valence-corrected chi connectivity index (χ2v) is 4.81. The molecule has 5 nitrogen and oxygen atoms in total. The molecule has 1 aromatic carbocycles. The number of nitrogens with one attached hydrogen (secondary N) is 1. The number of aromatic hydroxyl groups is 1. The van der Waals surface area contributed by atoms with E-state index in [9.17, 15) is 9.90 Å². The third kappa shape index (κ3) is 3.49. The summed E-state index contributed by atoms with van der Waals surface area (Å²) in [6.07, 6.45) is 1.60. The highest BCUT2D eigenvalue weighted by Gasteiger charge is 2.12. The first-order valence-electron chi connectivity index (χ1n) is 7.24. The maximum Gasteiger partial charge on any atom is 0.252 e. The number of phenols is 1. The Kier molecular flexibility index (Phi) is 5.11. The lowest BCUT2D eigenvalue weighted by Gasteiger charge is -2.18. The minimum Gasteiger partial charge on any atom is -0.506 e. The normalized spacial score (nSPS) is 11.0. The number of nitrogens with zero attached hydrogens (tertiary/aromatic N) is 2. The van der Waals surface area contributed by atoms with Crippen LogP contribution in [-0.4, -0.2) is 47.1 Å². The number of rotatable bonds is 6. The zero-order valence-corrected chi connectivity index (χ0v) is 12.5. The molecule has 1 aromatic heterocycles. The van der Waals surface area contributed by atoms with Crippen LogP contribution in [0.2, 0.25) is 0 Å². The lowest BCUT2D eigenvalue weighted by Crippen LogP contribution is -2.34. The van der Waals surface area contributed by atoms with E-state index in [4.69, 9.17) is 0 Å². The summed E-state index contributed by atoms with van der Waals surface area (Å²) in [5.74, 6) is -0.0505. The topological polar surface area (TPSA) is 65.5 Å². The van der Waals surface area contributed by atoms with Crippen molar-refractivity contribution in [3.63, 3.8) is 0 Å². The predicted octanol–water partition coefficient (Wildman–Crippen LogP) is 2.01. The fraction of sp³-hybridized carbons (Fsp3) is 0.375. The second-order valence-electron chi connectivity index (χ2n) is 4.81. The van der Waals surface area contributed by atoms with Crippen LogP contribution >= 0.6 is 0 Å². The van der Waals surface area contributed by atoms with Gasteiger partial charge in [0.1, 0.15) is 11.3 Å². The van der Waals surface area contributed by atoms with E-state index in [1.807, 2.05) is 0 Å². The SMILES string of the molecule is CCN(CC)CCNC(=O)c1ccc(O)c2ncccc12. The monoisotopic (exact) mass is 287 g/mol. The molecule has 0 atom stereocenters. The molecule has 0 unspecified atom stereocenters. The van der Waals surface area contributed by atoms with E-state index in [-0.39, 0.29) is 11.7 Å². The van der Waals surface area contributed by atoms with Gasteiger partial charge >= 0.3 is 0 Å². The van der Waals surface area contributed by atoms with E-state index in [1.54, 1.807) is 24.4 Å². The van der Waals surface area contributed by atoms with Gasteiger partial charge < -0.3 is 15.3 Å². The molecule has 0 aliphatic carbocycles. The molecule has 0 saturated heterocycles. The number of pyridine rings is 1. The number of carbonyl (C=O) groups excluding carboxylic acids is 1. The summed E-state index contributed by atoms with van der Waals surface area (Å²) in [6, 6.07) is 6.69. The van der Waals surface area contributed by atoms with Crippen LogP contribution in [0.3, 0.4) is 0 Å². The average Bonchev–Trinajstić information content (AvgIpc) is 2.52. The minimum atomic E-state index is -0.139. The summed E-state index contributed by atoms with van der Waals surface area (Å²) in [7, 11) is 0. The maximum absolute atomic E-state index is 12.3. The van der Waals surface area contributed by atoms with Crippen molar-refractivity contribution < 1.29 is 9.90 Å². The molecule has 0 aliphatic rings. The lowest BCUT2D eigenvalue weighted by molar-refractivity contribution is 0.0950. The molecule has 2 rings (SSSR count). The highest BCUT2D eigenvalue weighted by Crippen LogP contribution is 2.25. The number of fused-ring (bicyclic) bond motifs is 1. The van der Waals surface area contributed by atoms with Crippen molar-refractivity contribution in [2.45, 2.75) is 13.8 Å². The molecular weight excluding hydrogens is 266 g/mol. The highest BCUT2D eigenvalue weighted by molar-refractivity contribution is 6.07. The van der Waals surface area contributed by atoms with E-state index < -0.39 is 0 Å². The third-order valence-corrected chi connectivity index (χ3v) is 3.60. The molecule has 2 N–H and O–H groups in total. The molecule has 0 bridgehead atoms. The molecule has 0 saturated carbocycles. The minimum absolute atomic E-state index is 0.0882. The number of likely N-dealkylation sites (N-methyl/N-ethyl adjacent to an activating group) is 1. The van der Waals surface area contributed by atoms with Gasteiger partial charge in [0.2, 0.25) is 0 Å². The van der Waals surface area contributed by atoms with Gasteiger partial charge in [0.25, 0.3) is 5.91 Å². The number of hydrogen-bond donors (Lipinski definition) is 2. The Morgan fingerprint density at radius 3 is 2.76 bits per heavy atom. The van der Waals surface area contributed by atoms with E-state index in [0.717, 1.165) is 19.6 Å². The third-order valence-electron chi connectivity index (χ3n) is 3.60. The zero-order chi connectivity index (χ0) is 15.2. The number of benzene rings is 1. The molecule has 21 heavy (non-hydrogen) atoms. The molecule has 1 amide bonds. The molecule has 0 fully saturated rings. The summed E-state index contributed by atoms with van der Waals surface area (Å²) in [5, 5.41) is 13.4. The van der Waals surface area contributed by atoms with E-state index in [0.29, 0.717) is 23.0 Å². The van der Waals surface area contributed by atoms with Gasteiger partial charge in [-0.25, -0.2) is 0 Å². The molecule has 1 heterocycles. The highest BCUT2D eigenvalue weighted by atomic mass is 16.3. The number of carbonyl (C=O) groups is 1. The smallest absolute Gasteiger partial charge is 0.252 e. The first kappa shape index (κ1) is 15.3. The van der Waals surface area contributed by atoms with Crippen LogP contribution in [-0.2, 0) is 0 Å². The Labute approximate surface area is 124 Å². The summed E-state index contributed by atoms with van der Waals surface area (Å²) >= 11 is 0. The Balaban J connectivity index is 2.11. The fourth-order valence-electron chi connectivity index (χ4n) is 2.32. The molecule has 112 valence electrons.